The smallest absolute Gasteiger partial charge is 0.344 e. The maximum Gasteiger partial charge on any atom is 0.344 e. The van der Waals surface area contributed by atoms with Gasteiger partial charge in [-0.25, -0.2) is 4.79 Å². The lowest BCUT2D eigenvalue weighted by atomic mass is 9.54. The summed E-state index contributed by atoms with van der Waals surface area (Å²) in [5.41, 5.74) is 5.13. The van der Waals surface area contributed by atoms with E-state index in [1.807, 2.05) is 0 Å². The molecule has 4 aliphatic carbocycles. The van der Waals surface area contributed by atoms with Crippen molar-refractivity contribution in [3.05, 3.63) is 144 Å². The van der Waals surface area contributed by atoms with Crippen LogP contribution >= 0.6 is 0 Å². The second-order valence-electron chi connectivity index (χ2n) is 24.3. The topological polar surface area (TPSA) is 35.5 Å². The molecule has 3 nitrogen and oxygen atoms in total. The molecule has 7 heteroatoms. The second kappa shape index (κ2) is 30.2. The van der Waals surface area contributed by atoms with Crippen molar-refractivity contribution in [3.63, 3.8) is 0 Å². The molecule has 4 saturated carbocycles. The summed E-state index contributed by atoms with van der Waals surface area (Å²) in [4.78, 5) is 19.6. The van der Waals surface area contributed by atoms with Crippen molar-refractivity contribution in [1.29, 1.82) is 0 Å². The molecule has 0 spiro atoms. The van der Waals surface area contributed by atoms with Crippen LogP contribution in [-0.2, 0) is 63.9 Å². The van der Waals surface area contributed by atoms with Crippen LogP contribution in [0, 0.1) is 31.6 Å². The minimum absolute atomic E-state index is 0.0220. The number of ether oxygens (including phenoxy) is 2. The number of aryl methyl sites for hydroxylation is 2. The number of benzene rings is 5. The highest BCUT2D eigenvalue weighted by Crippen LogP contribution is 2.57. The maximum atomic E-state index is 12.9. The summed E-state index contributed by atoms with van der Waals surface area (Å²) in [6.45, 7) is 24.6. The molecule has 0 N–H and O–H groups in total. The van der Waals surface area contributed by atoms with Crippen LogP contribution in [0.5, 0.6) is 5.75 Å². The molecule has 0 heterocycles. The molecule has 410 valence electrons. The monoisotopic (exact) mass is 1090 g/mol. The third-order valence-electron chi connectivity index (χ3n) is 14.8. The van der Waals surface area contributed by atoms with E-state index in [0.29, 0.717) is 10.9 Å². The molecule has 0 aromatic heterocycles. The van der Waals surface area contributed by atoms with Crippen molar-refractivity contribution < 1.29 is 14.3 Å². The maximum absolute atomic E-state index is 12.9. The van der Waals surface area contributed by atoms with E-state index in [1.54, 1.807) is 0 Å². The average Bonchev–Trinajstić information content (AvgIpc) is 3.35. The number of unbranched alkanes of at least 4 members (excludes halogenated alkanes) is 3. The van der Waals surface area contributed by atoms with Crippen molar-refractivity contribution in [2.45, 2.75) is 194 Å². The first-order valence-corrected chi connectivity index (χ1v) is 35.5. The Bertz CT molecular complexity index is 2240. The number of hydrogen-bond acceptors (Lipinski definition) is 3. The standard InChI is InChI=1S/C32H35O3S.C21H29S.C12H27S.C3H9S/c1-22-13-29(36(27-9-5-3-6-10-27)28-11-7-4-8-12-28)14-23(2)31(22)34-21-30(33)35-32-18-24-15-25(19-32)17-26(16-24)20-32;1-20(2,3)16-8-12-18(13-9-16)22(7)19-14-10-17(11-15-19)21(4,5)6;1-4-7-10-13(11-8-5-2)12-9-6-3;1-4(2)3/h3-14,24-26H,15-21H2,1-2H3;8-15H,1-7H3;4-12H2,1-3H3;1-3H3/q4*+1. The quantitative estimate of drug-likeness (QED) is 0.0648. The summed E-state index contributed by atoms with van der Waals surface area (Å²) < 4.78 is 12.3. The zero-order valence-electron chi connectivity index (χ0n) is 49.5. The molecule has 4 aliphatic rings. The van der Waals surface area contributed by atoms with Crippen LogP contribution in [0.3, 0.4) is 0 Å². The molecule has 5 aromatic carbocycles. The van der Waals surface area contributed by atoms with E-state index < -0.39 is 0 Å². The van der Waals surface area contributed by atoms with Crippen LogP contribution in [0.25, 0.3) is 0 Å². The molecular weight excluding hydrogens is 993 g/mol. The fourth-order valence-electron chi connectivity index (χ4n) is 11.1. The third kappa shape index (κ3) is 19.9. The summed E-state index contributed by atoms with van der Waals surface area (Å²) in [7, 11) is 1.34. The lowest BCUT2D eigenvalue weighted by Gasteiger charge is -2.55. The first-order valence-electron chi connectivity index (χ1n) is 28.5. The van der Waals surface area contributed by atoms with Crippen molar-refractivity contribution in [2.24, 2.45) is 17.8 Å². The van der Waals surface area contributed by atoms with Gasteiger partial charge in [0.2, 0.25) is 0 Å². The third-order valence-corrected chi connectivity index (χ3v) is 21.5. The van der Waals surface area contributed by atoms with Gasteiger partial charge >= 0.3 is 5.97 Å². The van der Waals surface area contributed by atoms with Gasteiger partial charge in [-0.15, -0.1) is 0 Å². The lowest BCUT2D eigenvalue weighted by molar-refractivity contribution is -0.188. The van der Waals surface area contributed by atoms with E-state index in [9.17, 15) is 4.79 Å². The van der Waals surface area contributed by atoms with Crippen molar-refractivity contribution in [1.82, 2.24) is 0 Å². The van der Waals surface area contributed by atoms with Gasteiger partial charge in [0.05, 0.1) is 40.6 Å². The van der Waals surface area contributed by atoms with E-state index in [-0.39, 0.29) is 50.8 Å². The Balaban J connectivity index is 0.000000227. The van der Waals surface area contributed by atoms with Crippen LogP contribution < -0.4 is 4.74 Å². The van der Waals surface area contributed by atoms with Crippen molar-refractivity contribution in [2.75, 3.05) is 48.9 Å². The van der Waals surface area contributed by atoms with E-state index >= 15 is 0 Å². The number of hydrogen-bond donors (Lipinski definition) is 0. The number of rotatable bonds is 18. The van der Waals surface area contributed by atoms with E-state index in [1.165, 1.54) is 111 Å². The largest absolute Gasteiger partial charge is 0.481 e. The number of carbonyl (C=O) groups excluding carboxylic acids is 1. The van der Waals surface area contributed by atoms with Gasteiger partial charge < -0.3 is 9.47 Å². The van der Waals surface area contributed by atoms with E-state index in [0.717, 1.165) is 64.8 Å². The average molecular weight is 1090 g/mol. The minimum atomic E-state index is -0.219. The van der Waals surface area contributed by atoms with Crippen LogP contribution in [0.2, 0.25) is 0 Å². The van der Waals surface area contributed by atoms with Gasteiger partial charge in [-0.05, 0) is 193 Å². The Labute approximate surface area is 470 Å². The summed E-state index contributed by atoms with van der Waals surface area (Å²) in [5.74, 6) is 7.38. The van der Waals surface area contributed by atoms with Gasteiger partial charge in [0, 0.05) is 12.1 Å². The molecule has 0 amide bonds. The van der Waals surface area contributed by atoms with E-state index in [4.69, 9.17) is 9.47 Å². The summed E-state index contributed by atoms with van der Waals surface area (Å²) in [5, 5.41) is 0. The highest BCUT2D eigenvalue weighted by Gasteiger charge is 2.53. The molecule has 0 radical (unpaired) electrons. The molecular formula is C68H100O3S4+4. The fourth-order valence-corrected chi connectivity index (χ4v) is 17.5. The van der Waals surface area contributed by atoms with Crippen LogP contribution in [-0.4, -0.2) is 60.5 Å². The lowest BCUT2D eigenvalue weighted by Crippen LogP contribution is -2.53. The fraction of sp³-hybridized carbons (Fsp3) is 0.544. The van der Waals surface area contributed by atoms with Gasteiger partial charge in [0.15, 0.2) is 31.1 Å². The minimum Gasteiger partial charge on any atom is -0.481 e. The SMILES string of the molecule is CCCC[S+](CCCC)CCCC.C[S+](C)C.C[S+](c1ccc(C(C)(C)C)cc1)c1ccc(C(C)(C)C)cc1.Cc1cc([S+](c2ccccc2)c2ccccc2)cc(C)c1OCC(=O)OC12CC3CC(CC(C3)C1)C2. The summed E-state index contributed by atoms with van der Waals surface area (Å²) >= 11 is 0. The van der Waals surface area contributed by atoms with Gasteiger partial charge in [0.1, 0.15) is 34.9 Å². The van der Waals surface area contributed by atoms with Crippen molar-refractivity contribution >= 4 is 49.5 Å². The Morgan fingerprint density at radius 3 is 1.23 bits per heavy atom. The second-order valence-corrected chi connectivity index (χ2v) is 33.1. The van der Waals surface area contributed by atoms with Crippen LogP contribution in [0.1, 0.15) is 162 Å². The molecule has 5 aromatic rings. The Morgan fingerprint density at radius 2 is 0.893 bits per heavy atom. The highest BCUT2D eigenvalue weighted by atomic mass is 32.2. The van der Waals surface area contributed by atoms with Crippen molar-refractivity contribution in [3.8, 4) is 5.75 Å². The first kappa shape index (κ1) is 62.6. The summed E-state index contributed by atoms with van der Waals surface area (Å²) in [6.07, 6.45) is 24.6. The molecule has 4 fully saturated rings. The van der Waals surface area contributed by atoms with Gasteiger partial charge in [-0.1, -0.05) is 142 Å². The first-order chi connectivity index (χ1) is 35.6. The highest BCUT2D eigenvalue weighted by molar-refractivity contribution is 7.97. The Kier molecular flexibility index (Phi) is 25.2. The molecule has 9 rings (SSSR count). The summed E-state index contributed by atoms with van der Waals surface area (Å²) in [6, 6.07) is 44.1. The molecule has 4 bridgehead atoms. The molecule has 0 unspecified atom stereocenters. The van der Waals surface area contributed by atoms with Gasteiger partial charge in [-0.3, -0.25) is 0 Å². The zero-order chi connectivity index (χ0) is 54.8. The zero-order valence-corrected chi connectivity index (χ0v) is 52.7. The molecule has 75 heavy (non-hydrogen) atoms. The van der Waals surface area contributed by atoms with E-state index in [2.05, 4.69) is 223 Å². The van der Waals surface area contributed by atoms with Crippen LogP contribution in [0.15, 0.2) is 146 Å². The van der Waals surface area contributed by atoms with Gasteiger partial charge in [0.25, 0.3) is 0 Å². The predicted octanol–water partition coefficient (Wildman–Crippen LogP) is 17.7. The van der Waals surface area contributed by atoms with Gasteiger partial charge in [-0.2, -0.15) is 0 Å². The molecule has 0 atom stereocenters. The predicted molar refractivity (Wildman–Crippen MR) is 335 cm³/mol. The normalized spacial score (nSPS) is 18.7. The number of carbonyl (C=O) groups is 1. The molecule has 0 aliphatic heterocycles. The Morgan fingerprint density at radius 1 is 0.533 bits per heavy atom. The molecule has 0 saturated heterocycles. The Hall–Kier alpha value is -3.23. The van der Waals surface area contributed by atoms with Crippen LogP contribution in [0.4, 0.5) is 0 Å². The number of esters is 1.